The minimum absolute atomic E-state index is 0.662. The number of fused-ring (bicyclic) bond motifs is 1. The van der Waals surface area contributed by atoms with Gasteiger partial charge in [0.15, 0.2) is 5.65 Å². The molecule has 0 bridgehead atoms. The zero-order valence-corrected chi connectivity index (χ0v) is 21.0. The van der Waals surface area contributed by atoms with Gasteiger partial charge in [-0.05, 0) is 79.0 Å². The lowest BCUT2D eigenvalue weighted by molar-refractivity contribution is 0.263. The Morgan fingerprint density at radius 3 is 2.23 bits per heavy atom. The van der Waals surface area contributed by atoms with E-state index in [2.05, 4.69) is 57.0 Å². The van der Waals surface area contributed by atoms with Gasteiger partial charge in [-0.3, -0.25) is 0 Å². The Morgan fingerprint density at radius 1 is 0.829 bits per heavy atom. The zero-order valence-electron chi connectivity index (χ0n) is 19.4. The topological polar surface area (TPSA) is 51.1 Å². The normalized spacial score (nSPS) is 14.1. The maximum atomic E-state index is 5.97. The number of nitrogens with zero attached hydrogens (tertiary/aromatic N) is 4. The van der Waals surface area contributed by atoms with Crippen molar-refractivity contribution in [2.75, 3.05) is 26.2 Å². The quantitative estimate of drug-likeness (QED) is 0.215. The molecule has 1 aliphatic heterocycles. The smallest absolute Gasteiger partial charge is 0.178 e. The molecule has 0 atom stereocenters. The third kappa shape index (κ3) is 4.98. The van der Waals surface area contributed by atoms with Crippen LogP contribution in [-0.2, 0) is 0 Å². The molecule has 5 nitrogen and oxygen atoms in total. The minimum Gasteiger partial charge on any atom is -0.494 e. The van der Waals surface area contributed by atoms with Gasteiger partial charge in [0.25, 0.3) is 0 Å². The van der Waals surface area contributed by atoms with E-state index in [4.69, 9.17) is 14.7 Å². The Morgan fingerprint density at radius 2 is 1.54 bits per heavy atom. The van der Waals surface area contributed by atoms with Crippen molar-refractivity contribution < 1.29 is 4.74 Å². The summed E-state index contributed by atoms with van der Waals surface area (Å²) in [4.78, 5) is 19.3. The zero-order chi connectivity index (χ0) is 23.5. The molecular formula is C28H26N4OS2. The number of benzene rings is 1. The van der Waals surface area contributed by atoms with Crippen LogP contribution in [0.1, 0.15) is 19.3 Å². The predicted molar refractivity (Wildman–Crippen MR) is 145 cm³/mol. The van der Waals surface area contributed by atoms with Crippen molar-refractivity contribution in [3.05, 3.63) is 71.6 Å². The average molecular weight is 499 g/mol. The van der Waals surface area contributed by atoms with Gasteiger partial charge in [-0.2, -0.15) is 0 Å². The highest BCUT2D eigenvalue weighted by atomic mass is 32.1. The first-order chi connectivity index (χ1) is 17.3. The van der Waals surface area contributed by atoms with Gasteiger partial charge >= 0.3 is 0 Å². The van der Waals surface area contributed by atoms with Crippen LogP contribution in [0, 0.1) is 0 Å². The SMILES string of the molecule is c1csc(-c2nc3cc(-c4ccc(OCCCN5CCCC5)cc4)cnc3nc2-c2cccs2)c1. The van der Waals surface area contributed by atoms with Gasteiger partial charge in [-0.1, -0.05) is 24.3 Å². The number of thiophene rings is 2. The molecule has 5 heterocycles. The van der Waals surface area contributed by atoms with Crippen LogP contribution in [0.2, 0.25) is 0 Å². The molecule has 0 saturated carbocycles. The fourth-order valence-electron chi connectivity index (χ4n) is 4.50. The summed E-state index contributed by atoms with van der Waals surface area (Å²) in [6.45, 7) is 4.36. The number of hydrogen-bond acceptors (Lipinski definition) is 7. The molecule has 0 spiro atoms. The Labute approximate surface area is 213 Å². The Bertz CT molecular complexity index is 1390. The lowest BCUT2D eigenvalue weighted by atomic mass is 10.1. The number of rotatable bonds is 8. The van der Waals surface area contributed by atoms with E-state index in [1.54, 1.807) is 22.7 Å². The van der Waals surface area contributed by atoms with Crippen LogP contribution in [0.3, 0.4) is 0 Å². The van der Waals surface area contributed by atoms with Crippen molar-refractivity contribution in [3.63, 3.8) is 0 Å². The van der Waals surface area contributed by atoms with E-state index < -0.39 is 0 Å². The van der Waals surface area contributed by atoms with Crippen molar-refractivity contribution in [2.45, 2.75) is 19.3 Å². The van der Waals surface area contributed by atoms with E-state index in [1.165, 1.54) is 25.9 Å². The molecule has 1 aliphatic rings. The summed E-state index contributed by atoms with van der Waals surface area (Å²) in [5.74, 6) is 0.907. The standard InChI is InChI=1S/C28H26N4OS2/c1-2-13-32(12-1)14-5-15-33-22-10-8-20(9-11-22)21-18-23-28(29-19-21)31-27(25-7-4-17-35-25)26(30-23)24-6-3-16-34-24/h3-4,6-11,16-19H,1-2,5,12-15H2. The molecule has 5 aromatic rings. The second kappa shape index (κ2) is 10.2. The van der Waals surface area contributed by atoms with Gasteiger partial charge in [0.1, 0.15) is 22.7 Å². The molecule has 0 aliphatic carbocycles. The number of hydrogen-bond donors (Lipinski definition) is 0. The number of ether oxygens (including phenoxy) is 1. The monoisotopic (exact) mass is 498 g/mol. The van der Waals surface area contributed by atoms with E-state index in [0.717, 1.165) is 63.1 Å². The molecule has 176 valence electrons. The fraction of sp³-hybridized carbons (Fsp3) is 0.250. The van der Waals surface area contributed by atoms with E-state index >= 15 is 0 Å². The molecule has 0 radical (unpaired) electrons. The molecule has 6 rings (SSSR count). The van der Waals surface area contributed by atoms with Crippen LogP contribution in [0.5, 0.6) is 5.75 Å². The lowest BCUT2D eigenvalue weighted by Crippen LogP contribution is -2.21. The van der Waals surface area contributed by atoms with Gasteiger partial charge in [0.2, 0.25) is 0 Å². The first-order valence-corrected chi connectivity index (χ1v) is 13.8. The molecule has 0 N–H and O–H groups in total. The van der Waals surface area contributed by atoms with Gasteiger partial charge in [-0.25, -0.2) is 15.0 Å². The third-order valence-corrected chi connectivity index (χ3v) is 8.06. The third-order valence-electron chi connectivity index (χ3n) is 6.30. The molecule has 1 aromatic carbocycles. The number of aromatic nitrogens is 3. The summed E-state index contributed by atoms with van der Waals surface area (Å²) >= 11 is 3.35. The Hall–Kier alpha value is -3.13. The number of pyridine rings is 1. The van der Waals surface area contributed by atoms with Crippen molar-refractivity contribution in [1.29, 1.82) is 0 Å². The predicted octanol–water partition coefficient (Wildman–Crippen LogP) is 7.01. The fourth-order valence-corrected chi connectivity index (χ4v) is 5.93. The largest absolute Gasteiger partial charge is 0.494 e. The molecular weight excluding hydrogens is 472 g/mol. The second-order valence-electron chi connectivity index (χ2n) is 8.72. The second-order valence-corrected chi connectivity index (χ2v) is 10.6. The van der Waals surface area contributed by atoms with Crippen LogP contribution in [0.4, 0.5) is 0 Å². The van der Waals surface area contributed by atoms with Crippen LogP contribution in [-0.4, -0.2) is 46.1 Å². The maximum absolute atomic E-state index is 5.97. The van der Waals surface area contributed by atoms with Gasteiger partial charge in [-0.15, -0.1) is 22.7 Å². The van der Waals surface area contributed by atoms with Gasteiger partial charge in [0, 0.05) is 18.3 Å². The summed E-state index contributed by atoms with van der Waals surface area (Å²) in [5.41, 5.74) is 5.37. The first-order valence-electron chi connectivity index (χ1n) is 12.0. The van der Waals surface area contributed by atoms with Gasteiger partial charge in [0.05, 0.1) is 16.4 Å². The van der Waals surface area contributed by atoms with E-state index in [1.807, 2.05) is 24.4 Å². The van der Waals surface area contributed by atoms with E-state index in [9.17, 15) is 0 Å². The van der Waals surface area contributed by atoms with Crippen molar-refractivity contribution in [3.8, 4) is 38.0 Å². The van der Waals surface area contributed by atoms with Crippen LogP contribution < -0.4 is 4.74 Å². The minimum atomic E-state index is 0.662. The molecule has 4 aromatic heterocycles. The van der Waals surface area contributed by atoms with Crippen LogP contribution >= 0.6 is 22.7 Å². The van der Waals surface area contributed by atoms with E-state index in [-0.39, 0.29) is 0 Å². The summed E-state index contributed by atoms with van der Waals surface area (Å²) in [6, 6.07) is 18.6. The first kappa shape index (κ1) is 22.3. The van der Waals surface area contributed by atoms with Crippen molar-refractivity contribution in [2.24, 2.45) is 0 Å². The highest BCUT2D eigenvalue weighted by molar-refractivity contribution is 7.14. The maximum Gasteiger partial charge on any atom is 0.178 e. The molecule has 7 heteroatoms. The van der Waals surface area contributed by atoms with E-state index in [0.29, 0.717) is 5.65 Å². The van der Waals surface area contributed by atoms with Crippen LogP contribution in [0.15, 0.2) is 71.6 Å². The summed E-state index contributed by atoms with van der Waals surface area (Å²) in [5, 5.41) is 4.14. The molecule has 1 saturated heterocycles. The highest BCUT2D eigenvalue weighted by Gasteiger charge is 2.16. The summed E-state index contributed by atoms with van der Waals surface area (Å²) in [6.07, 6.45) is 5.62. The summed E-state index contributed by atoms with van der Waals surface area (Å²) < 4.78 is 5.97. The average Bonchev–Trinajstić information content (AvgIpc) is 3.70. The Kier molecular flexibility index (Phi) is 6.53. The highest BCUT2D eigenvalue weighted by Crippen LogP contribution is 2.35. The molecule has 0 amide bonds. The number of likely N-dealkylation sites (tertiary alicyclic amines) is 1. The van der Waals surface area contributed by atoms with Crippen molar-refractivity contribution in [1.82, 2.24) is 19.9 Å². The Balaban J connectivity index is 1.22. The van der Waals surface area contributed by atoms with Crippen molar-refractivity contribution >= 4 is 33.8 Å². The molecule has 0 unspecified atom stereocenters. The van der Waals surface area contributed by atoms with Crippen LogP contribution in [0.25, 0.3) is 43.4 Å². The summed E-state index contributed by atoms with van der Waals surface area (Å²) in [7, 11) is 0. The molecule has 1 fully saturated rings. The molecule has 35 heavy (non-hydrogen) atoms. The van der Waals surface area contributed by atoms with Gasteiger partial charge < -0.3 is 9.64 Å². The lowest BCUT2D eigenvalue weighted by Gasteiger charge is -2.14.